The van der Waals surface area contributed by atoms with Crippen LogP contribution in [-0.2, 0) is 6.54 Å². The number of β-amino-alcohol motifs (C(OH)–C–C–N with tert-alkyl or cyclic N) is 2. The molecule has 2 rings (SSSR count). The number of piperidine rings is 1. The number of hydrogen-bond donors (Lipinski definition) is 2. The van der Waals surface area contributed by atoms with Crippen molar-refractivity contribution in [3.63, 3.8) is 0 Å². The van der Waals surface area contributed by atoms with Gasteiger partial charge in [-0.1, -0.05) is 37.3 Å². The van der Waals surface area contributed by atoms with Crippen LogP contribution in [0.5, 0.6) is 0 Å². The molecule has 0 aliphatic carbocycles. The molecule has 3 atom stereocenters. The summed E-state index contributed by atoms with van der Waals surface area (Å²) in [6.45, 7) is 5.88. The van der Waals surface area contributed by atoms with Crippen molar-refractivity contribution in [1.29, 1.82) is 0 Å². The second kappa shape index (κ2) is 7.90. The van der Waals surface area contributed by atoms with E-state index < -0.39 is 0 Å². The van der Waals surface area contributed by atoms with Gasteiger partial charge in [-0.2, -0.15) is 0 Å². The maximum absolute atomic E-state index is 10.2. The van der Waals surface area contributed by atoms with Crippen LogP contribution >= 0.6 is 0 Å². The van der Waals surface area contributed by atoms with Crippen molar-refractivity contribution in [3.8, 4) is 0 Å². The van der Waals surface area contributed by atoms with Crippen molar-refractivity contribution in [2.75, 3.05) is 33.2 Å². The Morgan fingerprint density at radius 2 is 2.05 bits per heavy atom. The van der Waals surface area contributed by atoms with Crippen molar-refractivity contribution in [2.24, 2.45) is 5.92 Å². The third-order valence-electron chi connectivity index (χ3n) is 4.29. The zero-order valence-electron chi connectivity index (χ0n) is 13.2. The summed E-state index contributed by atoms with van der Waals surface area (Å²) in [5, 5.41) is 20.1. The maximum Gasteiger partial charge on any atom is 0.0793 e. The van der Waals surface area contributed by atoms with Crippen molar-refractivity contribution in [2.45, 2.75) is 32.1 Å². The third kappa shape index (κ3) is 5.40. The van der Waals surface area contributed by atoms with E-state index in [2.05, 4.69) is 28.9 Å². The molecular weight excluding hydrogens is 264 g/mol. The van der Waals surface area contributed by atoms with E-state index >= 15 is 0 Å². The predicted molar refractivity (Wildman–Crippen MR) is 85.0 cm³/mol. The van der Waals surface area contributed by atoms with Crippen molar-refractivity contribution in [1.82, 2.24) is 9.80 Å². The molecule has 21 heavy (non-hydrogen) atoms. The van der Waals surface area contributed by atoms with Gasteiger partial charge in [0.05, 0.1) is 12.2 Å². The molecule has 4 heteroatoms. The highest BCUT2D eigenvalue weighted by molar-refractivity contribution is 5.14. The van der Waals surface area contributed by atoms with Gasteiger partial charge in [0, 0.05) is 26.2 Å². The summed E-state index contributed by atoms with van der Waals surface area (Å²) < 4.78 is 0. The molecule has 118 valence electrons. The highest BCUT2D eigenvalue weighted by Crippen LogP contribution is 2.17. The van der Waals surface area contributed by atoms with Crippen molar-refractivity contribution < 1.29 is 10.2 Å². The van der Waals surface area contributed by atoms with E-state index in [4.69, 9.17) is 0 Å². The summed E-state index contributed by atoms with van der Waals surface area (Å²) in [4.78, 5) is 4.31. The minimum Gasteiger partial charge on any atom is -0.392 e. The minimum atomic E-state index is -0.376. The quantitative estimate of drug-likeness (QED) is 0.826. The molecule has 0 amide bonds. The lowest BCUT2D eigenvalue weighted by molar-refractivity contribution is 0.00336. The van der Waals surface area contributed by atoms with Gasteiger partial charge in [-0.3, -0.25) is 9.80 Å². The van der Waals surface area contributed by atoms with Crippen LogP contribution in [0.15, 0.2) is 30.3 Å². The Bertz CT molecular complexity index is 413. The zero-order chi connectivity index (χ0) is 15.2. The molecule has 0 aromatic heterocycles. The van der Waals surface area contributed by atoms with E-state index in [9.17, 15) is 10.2 Å². The Balaban J connectivity index is 1.72. The highest BCUT2D eigenvalue weighted by Gasteiger charge is 2.25. The lowest BCUT2D eigenvalue weighted by atomic mass is 9.96. The van der Waals surface area contributed by atoms with Gasteiger partial charge in [0.1, 0.15) is 0 Å². The summed E-state index contributed by atoms with van der Waals surface area (Å²) in [5.41, 5.74) is 1.26. The Morgan fingerprint density at radius 3 is 2.71 bits per heavy atom. The van der Waals surface area contributed by atoms with Crippen LogP contribution in [0.25, 0.3) is 0 Å². The Labute approximate surface area is 128 Å². The summed E-state index contributed by atoms with van der Waals surface area (Å²) in [7, 11) is 2.03. The van der Waals surface area contributed by atoms with E-state index in [1.807, 2.05) is 25.2 Å². The van der Waals surface area contributed by atoms with Crippen molar-refractivity contribution >= 4 is 0 Å². The molecule has 0 bridgehead atoms. The number of likely N-dealkylation sites (N-methyl/N-ethyl adjacent to an activating group) is 1. The first-order valence-corrected chi connectivity index (χ1v) is 7.85. The van der Waals surface area contributed by atoms with Crippen LogP contribution in [0.2, 0.25) is 0 Å². The SMILES string of the molecule is CC1CCN(CC(O)CN(C)Cc2ccccc2)CC1O. The molecule has 1 fully saturated rings. The number of aliphatic hydroxyl groups excluding tert-OH is 2. The van der Waals surface area contributed by atoms with Gasteiger partial charge in [-0.05, 0) is 31.5 Å². The molecule has 1 aromatic carbocycles. The molecule has 2 N–H and O–H groups in total. The summed E-state index contributed by atoms with van der Waals surface area (Å²) in [6, 6.07) is 10.3. The molecular formula is C17H28N2O2. The van der Waals surface area contributed by atoms with Gasteiger partial charge in [-0.25, -0.2) is 0 Å². The Hall–Kier alpha value is -0.940. The second-order valence-electron chi connectivity index (χ2n) is 6.43. The van der Waals surface area contributed by atoms with Gasteiger partial charge < -0.3 is 10.2 Å². The summed E-state index contributed by atoms with van der Waals surface area (Å²) >= 11 is 0. The van der Waals surface area contributed by atoms with Crippen LogP contribution in [-0.4, -0.2) is 65.4 Å². The normalized spacial score (nSPS) is 25.2. The topological polar surface area (TPSA) is 46.9 Å². The largest absolute Gasteiger partial charge is 0.392 e. The van der Waals surface area contributed by atoms with Crippen LogP contribution in [0, 0.1) is 5.92 Å². The van der Waals surface area contributed by atoms with Crippen LogP contribution in [0.4, 0.5) is 0 Å². The number of nitrogens with zero attached hydrogens (tertiary/aromatic N) is 2. The molecule has 4 nitrogen and oxygen atoms in total. The second-order valence-corrected chi connectivity index (χ2v) is 6.43. The Morgan fingerprint density at radius 1 is 1.33 bits per heavy atom. The molecule has 0 radical (unpaired) electrons. The third-order valence-corrected chi connectivity index (χ3v) is 4.29. The first-order valence-electron chi connectivity index (χ1n) is 7.85. The average molecular weight is 292 g/mol. The van der Waals surface area contributed by atoms with E-state index in [0.29, 0.717) is 25.6 Å². The monoisotopic (exact) mass is 292 g/mol. The minimum absolute atomic E-state index is 0.256. The van der Waals surface area contributed by atoms with Gasteiger partial charge in [-0.15, -0.1) is 0 Å². The van der Waals surface area contributed by atoms with Gasteiger partial charge >= 0.3 is 0 Å². The average Bonchev–Trinajstić information content (AvgIpc) is 2.43. The van der Waals surface area contributed by atoms with Gasteiger partial charge in [0.15, 0.2) is 0 Å². The number of rotatable bonds is 6. The number of hydrogen-bond acceptors (Lipinski definition) is 4. The first kappa shape index (κ1) is 16.4. The predicted octanol–water partition coefficient (Wildman–Crippen LogP) is 1.18. The molecule has 0 spiro atoms. The van der Waals surface area contributed by atoms with Crippen molar-refractivity contribution in [3.05, 3.63) is 35.9 Å². The summed E-state index contributed by atoms with van der Waals surface area (Å²) in [6.07, 6.45) is 0.376. The number of benzene rings is 1. The molecule has 1 aliphatic heterocycles. The molecule has 1 saturated heterocycles. The maximum atomic E-state index is 10.2. The van der Waals surface area contributed by atoms with E-state index in [1.54, 1.807) is 0 Å². The lowest BCUT2D eigenvalue weighted by Crippen LogP contribution is -2.47. The highest BCUT2D eigenvalue weighted by atomic mass is 16.3. The fourth-order valence-corrected chi connectivity index (χ4v) is 2.96. The van der Waals surface area contributed by atoms with Gasteiger partial charge in [0.2, 0.25) is 0 Å². The number of likely N-dealkylation sites (tertiary alicyclic amines) is 1. The molecule has 1 aromatic rings. The summed E-state index contributed by atoms with van der Waals surface area (Å²) in [5.74, 6) is 0.374. The van der Waals surface area contributed by atoms with E-state index in [1.165, 1.54) is 5.56 Å². The fraction of sp³-hybridized carbons (Fsp3) is 0.647. The standard InChI is InChI=1S/C17H28N2O2/c1-14-8-9-19(13-17(14)21)12-16(20)11-18(2)10-15-6-4-3-5-7-15/h3-7,14,16-17,20-21H,8-13H2,1-2H3. The fourth-order valence-electron chi connectivity index (χ4n) is 2.96. The molecule has 3 unspecified atom stereocenters. The zero-order valence-corrected chi connectivity index (χ0v) is 13.2. The smallest absolute Gasteiger partial charge is 0.0793 e. The van der Waals surface area contributed by atoms with Gasteiger partial charge in [0.25, 0.3) is 0 Å². The molecule has 1 aliphatic rings. The van der Waals surface area contributed by atoms with Crippen LogP contribution < -0.4 is 0 Å². The molecule has 1 heterocycles. The molecule has 0 saturated carbocycles. The van der Waals surface area contributed by atoms with E-state index in [0.717, 1.165) is 19.5 Å². The number of aliphatic hydroxyl groups is 2. The van der Waals surface area contributed by atoms with Crippen LogP contribution in [0.1, 0.15) is 18.9 Å². The lowest BCUT2D eigenvalue weighted by Gasteiger charge is -2.35. The van der Waals surface area contributed by atoms with E-state index in [-0.39, 0.29) is 12.2 Å². The first-order chi connectivity index (χ1) is 10.0. The Kier molecular flexibility index (Phi) is 6.18. The van der Waals surface area contributed by atoms with Crippen LogP contribution in [0.3, 0.4) is 0 Å².